The predicted molar refractivity (Wildman–Crippen MR) is 67.0 cm³/mol. The van der Waals surface area contributed by atoms with Crippen LogP contribution in [-0.2, 0) is 18.8 Å². The second-order valence-corrected chi connectivity index (χ2v) is 5.33. The van der Waals surface area contributed by atoms with Gasteiger partial charge in [-0.3, -0.25) is 4.57 Å². The Bertz CT molecular complexity index is 339. The number of carbonyl (C=O) groups excluding carboxylic acids is 1. The molecular weight excluding hydrogens is 259 g/mol. The number of carbonyl (C=O) groups is 1. The minimum atomic E-state index is -3.88. The molecule has 0 saturated carbocycles. The summed E-state index contributed by atoms with van der Waals surface area (Å²) in [5.41, 5.74) is 0.438. The van der Waals surface area contributed by atoms with Crippen LogP contribution in [0.3, 0.4) is 0 Å². The van der Waals surface area contributed by atoms with Crippen molar-refractivity contribution in [3.05, 3.63) is 24.5 Å². The lowest BCUT2D eigenvalue weighted by atomic mass is 10.2. The van der Waals surface area contributed by atoms with Crippen LogP contribution >= 0.6 is 7.60 Å². The second kappa shape index (κ2) is 8.21. The maximum absolute atomic E-state index is 10.9. The van der Waals surface area contributed by atoms with Gasteiger partial charge in [0.25, 0.3) is 0 Å². The summed E-state index contributed by atoms with van der Waals surface area (Å²) in [6, 6.07) is 0. The first kappa shape index (κ1) is 17.1. The number of esters is 1. The Morgan fingerprint density at radius 2 is 2.17 bits per heavy atom. The zero-order chi connectivity index (χ0) is 14.2. The highest BCUT2D eigenvalue weighted by Crippen LogP contribution is 2.34. The van der Waals surface area contributed by atoms with E-state index < -0.39 is 7.60 Å². The molecule has 0 aliphatic carbocycles. The smallest absolute Gasteiger partial charge is 0.348 e. The van der Waals surface area contributed by atoms with Gasteiger partial charge < -0.3 is 19.3 Å². The van der Waals surface area contributed by atoms with Crippen LogP contribution in [0, 0.1) is 0 Å². The summed E-state index contributed by atoms with van der Waals surface area (Å²) in [5.74, 6) is 0.276. The quantitative estimate of drug-likeness (QED) is 0.461. The third-order valence-electron chi connectivity index (χ3n) is 2.01. The lowest BCUT2D eigenvalue weighted by Crippen LogP contribution is -2.17. The molecule has 0 spiro atoms. The van der Waals surface area contributed by atoms with Crippen molar-refractivity contribution in [2.24, 2.45) is 0 Å². The summed E-state index contributed by atoms with van der Waals surface area (Å²) in [6.45, 7) is 9.14. The van der Waals surface area contributed by atoms with Gasteiger partial charge in [-0.2, -0.15) is 0 Å². The van der Waals surface area contributed by atoms with Crippen molar-refractivity contribution in [2.75, 3.05) is 13.2 Å². The van der Waals surface area contributed by atoms with Crippen molar-refractivity contribution in [1.82, 2.24) is 0 Å². The van der Waals surface area contributed by atoms with E-state index >= 15 is 0 Å². The largest absolute Gasteiger partial charge is 0.460 e. The van der Waals surface area contributed by atoms with Gasteiger partial charge >= 0.3 is 13.6 Å². The van der Waals surface area contributed by atoms with E-state index in [1.165, 1.54) is 0 Å². The average Bonchev–Trinajstić information content (AvgIpc) is 2.78. The fourth-order valence-electron chi connectivity index (χ4n) is 1.07. The van der Waals surface area contributed by atoms with Crippen LogP contribution in [0.15, 0.2) is 24.5 Å². The number of hydrogen-bond acceptors (Lipinski definition) is 4. The predicted octanol–water partition coefficient (Wildman–Crippen LogP) is 1.59. The molecule has 0 aromatic rings. The second-order valence-electron chi connectivity index (χ2n) is 3.79. The molecule has 1 heterocycles. The topological polar surface area (TPSA) is 93.1 Å². The van der Waals surface area contributed by atoms with Gasteiger partial charge in [0.1, 0.15) is 6.61 Å². The van der Waals surface area contributed by atoms with E-state index in [4.69, 9.17) is 19.3 Å². The van der Waals surface area contributed by atoms with Crippen molar-refractivity contribution in [2.45, 2.75) is 25.9 Å². The molecule has 0 aromatic heterocycles. The van der Waals surface area contributed by atoms with Gasteiger partial charge in [-0.05, 0) is 19.8 Å². The minimum absolute atomic E-state index is 0.105. The van der Waals surface area contributed by atoms with Crippen molar-refractivity contribution in [3.8, 4) is 0 Å². The zero-order valence-corrected chi connectivity index (χ0v) is 11.3. The molecule has 1 atom stereocenters. The minimum Gasteiger partial charge on any atom is -0.460 e. The van der Waals surface area contributed by atoms with Gasteiger partial charge in [0.2, 0.25) is 0 Å². The van der Waals surface area contributed by atoms with E-state index in [2.05, 4.69) is 13.2 Å². The van der Waals surface area contributed by atoms with E-state index in [1.54, 1.807) is 6.92 Å². The standard InChI is InChI=1S/C9H14O3.C2H5O3P/c1-7(2)9(10)12-6-8-4-3-5-11-8;1-2-6(3,4)5/h8H,1,3-6H2,2H3;2H,1H2,(H2,3,4,5). The third-order valence-corrected chi connectivity index (χ3v) is 2.49. The highest BCUT2D eigenvalue weighted by atomic mass is 31.2. The zero-order valence-electron chi connectivity index (χ0n) is 10.4. The molecule has 1 aliphatic rings. The molecule has 6 nitrogen and oxygen atoms in total. The van der Waals surface area contributed by atoms with Crippen molar-refractivity contribution >= 4 is 13.6 Å². The molecule has 1 saturated heterocycles. The highest BCUT2D eigenvalue weighted by molar-refractivity contribution is 7.55. The van der Waals surface area contributed by atoms with Gasteiger partial charge in [0.15, 0.2) is 0 Å². The van der Waals surface area contributed by atoms with Gasteiger partial charge in [0.05, 0.1) is 6.10 Å². The Hall–Kier alpha value is -0.940. The Morgan fingerprint density at radius 1 is 1.61 bits per heavy atom. The normalized spacial score (nSPS) is 18.5. The van der Waals surface area contributed by atoms with Crippen molar-refractivity contribution in [3.63, 3.8) is 0 Å². The van der Waals surface area contributed by atoms with Crippen LogP contribution in [0.2, 0.25) is 0 Å². The third kappa shape index (κ3) is 9.13. The summed E-state index contributed by atoms with van der Waals surface area (Å²) < 4.78 is 19.8. The summed E-state index contributed by atoms with van der Waals surface area (Å²) in [4.78, 5) is 26.6. The molecule has 0 radical (unpaired) electrons. The molecule has 1 unspecified atom stereocenters. The first-order chi connectivity index (χ1) is 8.26. The fourth-order valence-corrected chi connectivity index (χ4v) is 1.07. The molecule has 18 heavy (non-hydrogen) atoms. The molecule has 0 aromatic carbocycles. The van der Waals surface area contributed by atoms with Crippen LogP contribution in [0.4, 0.5) is 0 Å². The average molecular weight is 278 g/mol. The summed E-state index contributed by atoms with van der Waals surface area (Å²) in [7, 11) is -3.88. The number of rotatable bonds is 4. The molecular formula is C11H19O6P. The fraction of sp³-hybridized carbons (Fsp3) is 0.545. The van der Waals surface area contributed by atoms with E-state index in [9.17, 15) is 9.36 Å². The van der Waals surface area contributed by atoms with Crippen LogP contribution in [0.1, 0.15) is 19.8 Å². The lowest BCUT2D eigenvalue weighted by Gasteiger charge is -2.09. The Balaban J connectivity index is 0.000000411. The van der Waals surface area contributed by atoms with Crippen LogP contribution < -0.4 is 0 Å². The van der Waals surface area contributed by atoms with E-state index in [-0.39, 0.29) is 12.1 Å². The number of hydrogen-bond donors (Lipinski definition) is 2. The van der Waals surface area contributed by atoms with E-state index in [0.717, 1.165) is 19.4 Å². The molecule has 1 fully saturated rings. The highest BCUT2D eigenvalue weighted by Gasteiger charge is 2.17. The molecule has 104 valence electrons. The summed E-state index contributed by atoms with van der Waals surface area (Å²) in [6.07, 6.45) is 2.16. The Kier molecular flexibility index (Phi) is 7.78. The molecule has 1 aliphatic heterocycles. The van der Waals surface area contributed by atoms with Crippen LogP contribution in [0.25, 0.3) is 0 Å². The van der Waals surface area contributed by atoms with Gasteiger partial charge in [-0.15, -0.1) is 0 Å². The molecule has 0 bridgehead atoms. The maximum Gasteiger partial charge on any atom is 0.348 e. The Labute approximate surface area is 106 Å². The SMILES string of the molecule is C=C(C)C(=O)OCC1CCCO1.C=CP(=O)(O)O. The maximum atomic E-state index is 10.9. The first-order valence-corrected chi connectivity index (χ1v) is 7.07. The molecule has 0 amide bonds. The van der Waals surface area contributed by atoms with Gasteiger partial charge in [0, 0.05) is 18.0 Å². The van der Waals surface area contributed by atoms with Crippen molar-refractivity contribution < 1.29 is 28.6 Å². The first-order valence-electron chi connectivity index (χ1n) is 5.39. The van der Waals surface area contributed by atoms with Crippen LogP contribution in [-0.4, -0.2) is 35.1 Å². The monoisotopic (exact) mass is 278 g/mol. The number of ether oxygens (including phenoxy) is 2. The summed E-state index contributed by atoms with van der Waals surface area (Å²) >= 11 is 0. The Morgan fingerprint density at radius 3 is 2.50 bits per heavy atom. The molecule has 1 rings (SSSR count). The van der Waals surface area contributed by atoms with Crippen molar-refractivity contribution in [1.29, 1.82) is 0 Å². The molecule has 2 N–H and O–H groups in total. The van der Waals surface area contributed by atoms with E-state index in [1.807, 2.05) is 0 Å². The van der Waals surface area contributed by atoms with Crippen LogP contribution in [0.5, 0.6) is 0 Å². The van der Waals surface area contributed by atoms with Gasteiger partial charge in [-0.25, -0.2) is 4.79 Å². The lowest BCUT2D eigenvalue weighted by molar-refractivity contribution is -0.142. The summed E-state index contributed by atoms with van der Waals surface area (Å²) in [5, 5.41) is 0. The van der Waals surface area contributed by atoms with Gasteiger partial charge in [-0.1, -0.05) is 13.2 Å². The molecule has 7 heteroatoms. The van der Waals surface area contributed by atoms with E-state index in [0.29, 0.717) is 18.0 Å².